The van der Waals surface area contributed by atoms with Crippen molar-refractivity contribution in [3.05, 3.63) is 69.3 Å². The topological polar surface area (TPSA) is 135 Å². The molecule has 2 N–H and O–H groups in total. The van der Waals surface area contributed by atoms with Crippen LogP contribution in [0.2, 0.25) is 0 Å². The van der Waals surface area contributed by atoms with Crippen molar-refractivity contribution in [1.29, 1.82) is 0 Å². The van der Waals surface area contributed by atoms with Crippen molar-refractivity contribution >= 4 is 52.6 Å². The first kappa shape index (κ1) is 26.3. The fourth-order valence-corrected chi connectivity index (χ4v) is 7.38. The number of furan rings is 1. The average Bonchev–Trinajstić information content (AvgIpc) is 3.54. The molecule has 3 aromatic rings. The van der Waals surface area contributed by atoms with E-state index in [4.69, 9.17) is 9.15 Å². The zero-order valence-corrected chi connectivity index (χ0v) is 23.2. The number of carboxylic acid groups (broad SMARTS) is 1. The molecule has 0 aliphatic carbocycles. The van der Waals surface area contributed by atoms with E-state index in [1.807, 2.05) is 39.0 Å². The molecule has 38 heavy (non-hydrogen) atoms. The van der Waals surface area contributed by atoms with Gasteiger partial charge in [-0.3, -0.25) is 14.5 Å². The van der Waals surface area contributed by atoms with Gasteiger partial charge in [-0.05, 0) is 55.7 Å². The van der Waals surface area contributed by atoms with E-state index in [0.29, 0.717) is 22.8 Å². The SMILES string of the molecule is Cc1ccc(C)c(OCc2ccc(C(=O)NC3C(=O)N4C(C(=O)O)=C(CSc5nnc(C)s5)CSC34)o2)c1. The second-order valence-corrected chi connectivity index (χ2v) is 12.3. The van der Waals surface area contributed by atoms with Crippen LogP contribution >= 0.6 is 34.9 Å². The van der Waals surface area contributed by atoms with Gasteiger partial charge in [0.05, 0.1) is 0 Å². The maximum Gasteiger partial charge on any atom is 0.352 e. The predicted octanol–water partition coefficient (Wildman–Crippen LogP) is 3.78. The molecule has 2 unspecified atom stereocenters. The molecule has 0 radical (unpaired) electrons. The van der Waals surface area contributed by atoms with Crippen LogP contribution in [0.5, 0.6) is 5.75 Å². The van der Waals surface area contributed by atoms with Gasteiger partial charge in [0.15, 0.2) is 10.1 Å². The Kier molecular flexibility index (Phi) is 7.50. The summed E-state index contributed by atoms with van der Waals surface area (Å²) >= 11 is 4.24. The van der Waals surface area contributed by atoms with Gasteiger partial charge in [-0.25, -0.2) is 4.79 Å². The summed E-state index contributed by atoms with van der Waals surface area (Å²) in [5.74, 6) is -0.118. The summed E-state index contributed by atoms with van der Waals surface area (Å²) in [5.41, 5.74) is 2.67. The number of nitrogens with one attached hydrogen (secondary N) is 1. The normalized spacial score (nSPS) is 18.7. The van der Waals surface area contributed by atoms with Crippen LogP contribution in [-0.2, 0) is 16.2 Å². The number of amides is 2. The molecule has 4 heterocycles. The van der Waals surface area contributed by atoms with Gasteiger partial charge in [0, 0.05) is 11.5 Å². The standard InChI is InChI=1S/C25H24N4O6S3/c1-12-4-5-13(2)18(8-12)34-9-16-6-7-17(35-16)21(30)26-19-22(31)29-20(24(32)33)15(10-36-23(19)29)11-37-25-28-27-14(3)38-25/h4-8,19,23H,9-11H2,1-3H3,(H,26,30)(H,32,33). The van der Waals surface area contributed by atoms with Crippen molar-refractivity contribution < 1.29 is 28.6 Å². The summed E-state index contributed by atoms with van der Waals surface area (Å²) in [6.45, 7) is 5.92. The van der Waals surface area contributed by atoms with Gasteiger partial charge < -0.3 is 19.6 Å². The molecule has 1 aromatic carbocycles. The van der Waals surface area contributed by atoms with E-state index in [0.717, 1.165) is 26.2 Å². The lowest BCUT2D eigenvalue weighted by atomic mass is 10.0. The average molecular weight is 573 g/mol. The Hall–Kier alpha value is -3.29. The van der Waals surface area contributed by atoms with Crippen LogP contribution in [-0.4, -0.2) is 60.9 Å². The number of thioether (sulfide) groups is 2. The van der Waals surface area contributed by atoms with Crippen LogP contribution in [0.3, 0.4) is 0 Å². The first-order chi connectivity index (χ1) is 18.2. The molecule has 0 saturated carbocycles. The number of fused-ring (bicyclic) bond motifs is 1. The van der Waals surface area contributed by atoms with E-state index in [2.05, 4.69) is 15.5 Å². The molecular formula is C25H24N4O6S3. The predicted molar refractivity (Wildman–Crippen MR) is 143 cm³/mol. The molecule has 10 nitrogen and oxygen atoms in total. The Bertz CT molecular complexity index is 1450. The highest BCUT2D eigenvalue weighted by atomic mass is 32.2. The molecular weight excluding hydrogens is 548 g/mol. The number of carboxylic acids is 1. The summed E-state index contributed by atoms with van der Waals surface area (Å²) in [7, 11) is 0. The smallest absolute Gasteiger partial charge is 0.352 e. The largest absolute Gasteiger partial charge is 0.485 e. The summed E-state index contributed by atoms with van der Waals surface area (Å²) < 4.78 is 12.2. The second-order valence-electron chi connectivity index (χ2n) is 8.82. The Morgan fingerprint density at radius 2 is 2.05 bits per heavy atom. The number of hydrogen-bond acceptors (Lipinski definition) is 10. The molecule has 13 heteroatoms. The molecule has 5 rings (SSSR count). The van der Waals surface area contributed by atoms with Gasteiger partial charge in [-0.15, -0.1) is 22.0 Å². The first-order valence-corrected chi connectivity index (χ1v) is 14.5. The highest BCUT2D eigenvalue weighted by molar-refractivity contribution is 8.01. The maximum absolute atomic E-state index is 12.9. The van der Waals surface area contributed by atoms with E-state index in [9.17, 15) is 19.5 Å². The minimum atomic E-state index is -1.17. The third-order valence-corrected chi connectivity index (χ3v) is 9.41. The molecule has 0 bridgehead atoms. The quantitative estimate of drug-likeness (QED) is 0.288. The number of hydrogen-bond donors (Lipinski definition) is 2. The minimum Gasteiger partial charge on any atom is -0.485 e. The van der Waals surface area contributed by atoms with Crippen molar-refractivity contribution in [2.45, 2.75) is 43.1 Å². The van der Waals surface area contributed by atoms with E-state index >= 15 is 0 Å². The fraction of sp³-hybridized carbons (Fsp3) is 0.320. The molecule has 2 atom stereocenters. The first-order valence-electron chi connectivity index (χ1n) is 11.6. The lowest BCUT2D eigenvalue weighted by Crippen LogP contribution is -2.70. The number of ether oxygens (including phenoxy) is 1. The van der Waals surface area contributed by atoms with Gasteiger partial charge in [-0.2, -0.15) is 0 Å². The highest BCUT2D eigenvalue weighted by Crippen LogP contribution is 2.42. The zero-order chi connectivity index (χ0) is 27.0. The molecule has 2 aromatic heterocycles. The van der Waals surface area contributed by atoms with Gasteiger partial charge in [-0.1, -0.05) is 35.2 Å². The number of carbonyl (C=O) groups is 3. The Morgan fingerprint density at radius 3 is 2.79 bits per heavy atom. The van der Waals surface area contributed by atoms with Crippen molar-refractivity contribution in [3.8, 4) is 5.75 Å². The van der Waals surface area contributed by atoms with Crippen molar-refractivity contribution in [2.24, 2.45) is 0 Å². The van der Waals surface area contributed by atoms with Gasteiger partial charge >= 0.3 is 5.97 Å². The molecule has 2 amide bonds. The number of benzene rings is 1. The van der Waals surface area contributed by atoms with Crippen molar-refractivity contribution in [1.82, 2.24) is 20.4 Å². The van der Waals surface area contributed by atoms with Crippen LogP contribution in [0, 0.1) is 20.8 Å². The van der Waals surface area contributed by atoms with Crippen molar-refractivity contribution in [2.75, 3.05) is 11.5 Å². The molecule has 2 aliphatic rings. The highest BCUT2D eigenvalue weighted by Gasteiger charge is 2.54. The monoisotopic (exact) mass is 572 g/mol. The third-order valence-electron chi connectivity index (χ3n) is 6.01. The lowest BCUT2D eigenvalue weighted by molar-refractivity contribution is -0.148. The van der Waals surface area contributed by atoms with Crippen LogP contribution in [0.1, 0.15) is 32.4 Å². The summed E-state index contributed by atoms with van der Waals surface area (Å²) in [4.78, 5) is 39.1. The summed E-state index contributed by atoms with van der Waals surface area (Å²) in [6.07, 6.45) is 0. The van der Waals surface area contributed by atoms with Crippen molar-refractivity contribution in [3.63, 3.8) is 0 Å². The zero-order valence-electron chi connectivity index (χ0n) is 20.7. The van der Waals surface area contributed by atoms with Crippen LogP contribution in [0.25, 0.3) is 0 Å². The molecule has 1 fully saturated rings. The van der Waals surface area contributed by atoms with E-state index in [1.54, 1.807) is 6.07 Å². The molecule has 198 valence electrons. The second kappa shape index (κ2) is 10.8. The Balaban J connectivity index is 1.21. The number of nitrogens with zero attached hydrogens (tertiary/aromatic N) is 3. The van der Waals surface area contributed by atoms with Gasteiger partial charge in [0.2, 0.25) is 0 Å². The molecule has 0 spiro atoms. The summed E-state index contributed by atoms with van der Waals surface area (Å²) in [5, 5.41) is 20.9. The molecule has 1 saturated heterocycles. The minimum absolute atomic E-state index is 0.0261. The third kappa shape index (κ3) is 5.31. The number of aliphatic carboxylic acids is 1. The molecule has 2 aliphatic heterocycles. The van der Waals surface area contributed by atoms with E-state index < -0.39 is 29.2 Å². The van der Waals surface area contributed by atoms with Crippen LogP contribution < -0.4 is 10.1 Å². The van der Waals surface area contributed by atoms with Gasteiger partial charge in [0.1, 0.15) is 40.2 Å². The lowest BCUT2D eigenvalue weighted by Gasteiger charge is -2.49. The number of β-lactam (4-membered cyclic amide) rings is 1. The summed E-state index contributed by atoms with van der Waals surface area (Å²) in [6, 6.07) is 8.24. The fourth-order valence-electron chi connectivity index (χ4n) is 4.08. The van der Waals surface area contributed by atoms with E-state index in [1.165, 1.54) is 45.8 Å². The van der Waals surface area contributed by atoms with Crippen LogP contribution in [0.15, 0.2) is 50.4 Å². The van der Waals surface area contributed by atoms with Crippen LogP contribution in [0.4, 0.5) is 0 Å². The maximum atomic E-state index is 12.9. The van der Waals surface area contributed by atoms with Gasteiger partial charge in [0.25, 0.3) is 11.8 Å². The van der Waals surface area contributed by atoms with E-state index in [-0.39, 0.29) is 18.1 Å². The number of aryl methyl sites for hydroxylation is 3. The number of carbonyl (C=O) groups excluding carboxylic acids is 2. The number of rotatable bonds is 9. The Morgan fingerprint density at radius 1 is 1.24 bits per heavy atom. The number of aromatic nitrogens is 2. The Labute approximate surface area is 230 Å².